The number of alkyl halides is 3. The van der Waals surface area contributed by atoms with Gasteiger partial charge in [0, 0.05) is 5.56 Å². The summed E-state index contributed by atoms with van der Waals surface area (Å²) in [5.74, 6) is -1.16. The molecule has 0 heterocycles. The van der Waals surface area contributed by atoms with Crippen LogP contribution in [0.15, 0.2) is 18.2 Å². The van der Waals surface area contributed by atoms with Crippen molar-refractivity contribution in [2.24, 2.45) is 17.8 Å². The van der Waals surface area contributed by atoms with Crippen molar-refractivity contribution < 1.29 is 22.0 Å². The summed E-state index contributed by atoms with van der Waals surface area (Å²) in [4.78, 5) is 0. The average Bonchev–Trinajstić information content (AvgIpc) is 2.57. The zero-order valence-corrected chi connectivity index (χ0v) is 14.3. The molecule has 2 aliphatic rings. The van der Waals surface area contributed by atoms with E-state index < -0.39 is 23.4 Å². The summed E-state index contributed by atoms with van der Waals surface area (Å²) in [6.07, 6.45) is 4.25. The Morgan fingerprint density at radius 2 is 1.56 bits per heavy atom. The van der Waals surface area contributed by atoms with Crippen molar-refractivity contribution in [2.45, 2.75) is 58.0 Å². The fraction of sp³-hybridized carbons (Fsp3) is 0.600. The van der Waals surface area contributed by atoms with Gasteiger partial charge in [-0.15, -0.1) is 0 Å². The molecule has 1 fully saturated rings. The molecule has 0 amide bonds. The molecular weight excluding hydrogens is 335 g/mol. The first-order valence-electron chi connectivity index (χ1n) is 9.02. The Bertz CT molecular complexity index is 651. The summed E-state index contributed by atoms with van der Waals surface area (Å²) in [6, 6.07) is 1.71. The second-order valence-corrected chi connectivity index (χ2v) is 7.57. The van der Waals surface area contributed by atoms with Gasteiger partial charge >= 0.3 is 6.18 Å². The van der Waals surface area contributed by atoms with Gasteiger partial charge < -0.3 is 0 Å². The highest BCUT2D eigenvalue weighted by molar-refractivity contribution is 5.67. The third-order valence-electron chi connectivity index (χ3n) is 5.91. The van der Waals surface area contributed by atoms with Crippen LogP contribution >= 0.6 is 0 Å². The highest BCUT2D eigenvalue weighted by Crippen LogP contribution is 2.42. The molecule has 138 valence electrons. The van der Waals surface area contributed by atoms with Crippen LogP contribution in [-0.4, -0.2) is 0 Å². The molecule has 0 N–H and O–H groups in total. The Hall–Kier alpha value is -1.39. The lowest BCUT2D eigenvalue weighted by Gasteiger charge is -2.34. The summed E-state index contributed by atoms with van der Waals surface area (Å²) in [5.41, 5.74) is -0.939. The zero-order chi connectivity index (χ0) is 18.2. The van der Waals surface area contributed by atoms with E-state index in [2.05, 4.69) is 6.92 Å². The van der Waals surface area contributed by atoms with Crippen molar-refractivity contribution in [1.82, 2.24) is 0 Å². The first-order valence-corrected chi connectivity index (χ1v) is 9.02. The Labute approximate surface area is 145 Å². The summed E-state index contributed by atoms with van der Waals surface area (Å²) >= 11 is 0. The number of hydrogen-bond acceptors (Lipinski definition) is 0. The maximum absolute atomic E-state index is 14.2. The highest BCUT2D eigenvalue weighted by atomic mass is 19.4. The van der Waals surface area contributed by atoms with Crippen LogP contribution in [0.5, 0.6) is 0 Å². The normalized spacial score (nSPS) is 27.9. The molecule has 1 atom stereocenters. The summed E-state index contributed by atoms with van der Waals surface area (Å²) in [6.45, 7) is 2.27. The van der Waals surface area contributed by atoms with Crippen molar-refractivity contribution in [3.8, 4) is 0 Å². The second kappa shape index (κ2) is 7.08. The van der Waals surface area contributed by atoms with Crippen molar-refractivity contribution in [3.63, 3.8) is 0 Å². The van der Waals surface area contributed by atoms with Gasteiger partial charge in [-0.05, 0) is 61.5 Å². The van der Waals surface area contributed by atoms with Crippen molar-refractivity contribution in [3.05, 3.63) is 41.0 Å². The number of allylic oxidation sites excluding steroid dienone is 2. The molecular formula is C20H23F5. The quantitative estimate of drug-likeness (QED) is 0.500. The van der Waals surface area contributed by atoms with Gasteiger partial charge in [-0.2, -0.15) is 13.2 Å². The molecule has 3 rings (SSSR count). The molecule has 1 saturated carbocycles. The van der Waals surface area contributed by atoms with E-state index in [9.17, 15) is 22.0 Å². The van der Waals surface area contributed by atoms with E-state index in [1.54, 1.807) is 0 Å². The Morgan fingerprint density at radius 3 is 2.12 bits per heavy atom. The fourth-order valence-corrected chi connectivity index (χ4v) is 4.30. The molecule has 1 aromatic carbocycles. The molecule has 0 aromatic heterocycles. The Balaban J connectivity index is 1.75. The van der Waals surface area contributed by atoms with Gasteiger partial charge in [-0.3, -0.25) is 0 Å². The molecule has 0 saturated heterocycles. The van der Waals surface area contributed by atoms with Gasteiger partial charge in [0.1, 0.15) is 0 Å². The topological polar surface area (TPSA) is 0 Å². The lowest BCUT2D eigenvalue weighted by molar-refractivity contribution is -0.140. The van der Waals surface area contributed by atoms with Crippen molar-refractivity contribution >= 4 is 5.57 Å². The minimum Gasteiger partial charge on any atom is -0.203 e. The summed E-state index contributed by atoms with van der Waals surface area (Å²) in [7, 11) is 0. The van der Waals surface area contributed by atoms with Crippen LogP contribution < -0.4 is 0 Å². The largest absolute Gasteiger partial charge is 0.419 e. The first-order chi connectivity index (χ1) is 11.8. The molecule has 25 heavy (non-hydrogen) atoms. The molecule has 1 unspecified atom stereocenters. The number of benzene rings is 1. The standard InChI is InChI=1S/C20H23F5/c1-12-2-4-13(5-3-12)14-6-8-15(9-7-14)16-10-11-17(20(23,24)25)19(22)18(16)21/h8,10-14H,2-7,9H2,1H3. The van der Waals surface area contributed by atoms with E-state index in [4.69, 9.17) is 0 Å². The third-order valence-corrected chi connectivity index (χ3v) is 5.91. The van der Waals surface area contributed by atoms with Gasteiger partial charge in [0.2, 0.25) is 0 Å². The molecule has 0 bridgehead atoms. The molecule has 0 nitrogen and oxygen atoms in total. The van der Waals surface area contributed by atoms with Gasteiger partial charge in [0.05, 0.1) is 5.56 Å². The van der Waals surface area contributed by atoms with E-state index in [1.807, 2.05) is 6.08 Å². The summed E-state index contributed by atoms with van der Waals surface area (Å²) < 4.78 is 65.9. The molecule has 2 aliphatic carbocycles. The smallest absolute Gasteiger partial charge is 0.203 e. The van der Waals surface area contributed by atoms with E-state index in [-0.39, 0.29) is 5.56 Å². The van der Waals surface area contributed by atoms with Gasteiger partial charge in [0.25, 0.3) is 0 Å². The fourth-order valence-electron chi connectivity index (χ4n) is 4.30. The second-order valence-electron chi connectivity index (χ2n) is 7.57. The zero-order valence-electron chi connectivity index (χ0n) is 14.3. The highest BCUT2D eigenvalue weighted by Gasteiger charge is 2.36. The predicted molar refractivity (Wildman–Crippen MR) is 87.8 cm³/mol. The molecule has 5 heteroatoms. The van der Waals surface area contributed by atoms with E-state index in [0.717, 1.165) is 24.8 Å². The van der Waals surface area contributed by atoms with Gasteiger partial charge in [-0.1, -0.05) is 31.9 Å². The number of halogens is 5. The lowest BCUT2D eigenvalue weighted by Crippen LogP contribution is -2.22. The van der Waals surface area contributed by atoms with Crippen LogP contribution in [0.3, 0.4) is 0 Å². The van der Waals surface area contributed by atoms with Crippen LogP contribution in [-0.2, 0) is 6.18 Å². The number of hydrogen-bond donors (Lipinski definition) is 0. The minimum absolute atomic E-state index is 0.0267. The number of rotatable bonds is 2. The summed E-state index contributed by atoms with van der Waals surface area (Å²) in [5, 5.41) is 0. The minimum atomic E-state index is -4.88. The Kier molecular flexibility index (Phi) is 5.21. The van der Waals surface area contributed by atoms with Crippen LogP contribution in [0.4, 0.5) is 22.0 Å². The van der Waals surface area contributed by atoms with Crippen molar-refractivity contribution in [1.29, 1.82) is 0 Å². The molecule has 0 spiro atoms. The van der Waals surface area contributed by atoms with Crippen LogP contribution in [0.2, 0.25) is 0 Å². The average molecular weight is 358 g/mol. The van der Waals surface area contributed by atoms with Crippen LogP contribution in [0, 0.1) is 29.4 Å². The Morgan fingerprint density at radius 1 is 0.880 bits per heavy atom. The monoisotopic (exact) mass is 358 g/mol. The molecule has 0 aliphatic heterocycles. The first kappa shape index (κ1) is 18.4. The maximum atomic E-state index is 14.2. The van der Waals surface area contributed by atoms with E-state index >= 15 is 0 Å². The third kappa shape index (κ3) is 3.90. The predicted octanol–water partition coefficient (Wildman–Crippen LogP) is 6.99. The van der Waals surface area contributed by atoms with Crippen LogP contribution in [0.25, 0.3) is 5.57 Å². The van der Waals surface area contributed by atoms with E-state index in [0.29, 0.717) is 29.9 Å². The SMILES string of the molecule is CC1CCC(C2CC=C(c3ccc(C(F)(F)F)c(F)c3F)CC2)CC1. The van der Waals surface area contributed by atoms with Crippen LogP contribution in [0.1, 0.15) is 63.0 Å². The van der Waals surface area contributed by atoms with Crippen molar-refractivity contribution in [2.75, 3.05) is 0 Å². The lowest BCUT2D eigenvalue weighted by atomic mass is 9.71. The molecule has 1 aromatic rings. The molecule has 0 radical (unpaired) electrons. The van der Waals surface area contributed by atoms with Gasteiger partial charge in [-0.25, -0.2) is 8.78 Å². The maximum Gasteiger partial charge on any atom is 0.419 e. The van der Waals surface area contributed by atoms with Gasteiger partial charge in [0.15, 0.2) is 11.6 Å². The van der Waals surface area contributed by atoms with E-state index in [1.165, 1.54) is 25.7 Å².